The molecule has 9 nitrogen and oxygen atoms in total. The Labute approximate surface area is 222 Å². The van der Waals surface area contributed by atoms with Crippen LogP contribution in [0.15, 0.2) is 12.3 Å². The van der Waals surface area contributed by atoms with Gasteiger partial charge < -0.3 is 5.32 Å². The molecule has 3 amide bonds. The normalized spacial score (nSPS) is 17.7. The van der Waals surface area contributed by atoms with Gasteiger partial charge in [0.25, 0.3) is 11.8 Å². The molecule has 1 fully saturated rings. The van der Waals surface area contributed by atoms with Crippen molar-refractivity contribution in [3.63, 3.8) is 0 Å². The highest BCUT2D eigenvalue weighted by molar-refractivity contribution is 6.05. The zero-order valence-corrected chi connectivity index (χ0v) is 23.6. The fourth-order valence-electron chi connectivity index (χ4n) is 5.67. The number of rotatable bonds is 13. The number of imide groups is 1. The Morgan fingerprint density at radius 3 is 2.19 bits per heavy atom. The van der Waals surface area contributed by atoms with Crippen molar-refractivity contribution in [2.75, 3.05) is 0 Å². The minimum absolute atomic E-state index is 0.0305. The van der Waals surface area contributed by atoms with Crippen LogP contribution in [0.25, 0.3) is 0 Å². The standard InChI is InChI=1S/C28H47N5O4/c1-7-8-9-10-11-12-13-14-15-23(34)33(21-18-27(3,4)32-28(5,6)19-21)26(36)24-22(16-17-29-30-24)20(2)25(35)31-37/h16-17,20-21,32,37H,7-15,18-19H2,1-6H3,(H,31,35)/t20-/m0/s1. The number of unbranched alkanes of at least 4 members (excludes halogenated alkanes) is 7. The summed E-state index contributed by atoms with van der Waals surface area (Å²) in [6, 6.07) is 1.22. The van der Waals surface area contributed by atoms with Gasteiger partial charge in [0.05, 0.1) is 5.92 Å². The van der Waals surface area contributed by atoms with Gasteiger partial charge in [-0.3, -0.25) is 24.5 Å². The zero-order chi connectivity index (χ0) is 27.6. The van der Waals surface area contributed by atoms with Crippen LogP contribution in [0.3, 0.4) is 0 Å². The van der Waals surface area contributed by atoms with E-state index in [9.17, 15) is 14.4 Å². The van der Waals surface area contributed by atoms with Gasteiger partial charge in [0.2, 0.25) is 5.91 Å². The van der Waals surface area contributed by atoms with Crippen LogP contribution in [-0.4, -0.2) is 55.1 Å². The summed E-state index contributed by atoms with van der Waals surface area (Å²) >= 11 is 0. The summed E-state index contributed by atoms with van der Waals surface area (Å²) in [6.45, 7) is 12.1. The van der Waals surface area contributed by atoms with Gasteiger partial charge in [-0.25, -0.2) is 5.48 Å². The highest BCUT2D eigenvalue weighted by atomic mass is 16.5. The Bertz CT molecular complexity index is 902. The quantitative estimate of drug-likeness (QED) is 0.193. The van der Waals surface area contributed by atoms with Gasteiger partial charge in [-0.1, -0.05) is 51.9 Å². The molecule has 1 aromatic rings. The maximum Gasteiger partial charge on any atom is 0.281 e. The van der Waals surface area contributed by atoms with Crippen LogP contribution >= 0.6 is 0 Å². The smallest absolute Gasteiger partial charge is 0.281 e. The molecule has 1 atom stereocenters. The second kappa shape index (κ2) is 14.0. The highest BCUT2D eigenvalue weighted by Gasteiger charge is 2.44. The first-order chi connectivity index (χ1) is 17.4. The van der Waals surface area contributed by atoms with E-state index in [1.165, 1.54) is 49.3 Å². The predicted molar refractivity (Wildman–Crippen MR) is 143 cm³/mol. The molecule has 3 N–H and O–H groups in total. The molecule has 1 saturated heterocycles. The van der Waals surface area contributed by atoms with Crippen molar-refractivity contribution in [2.45, 2.75) is 135 Å². The largest absolute Gasteiger partial charge is 0.307 e. The third-order valence-electron chi connectivity index (χ3n) is 7.19. The van der Waals surface area contributed by atoms with Gasteiger partial charge in [-0.15, -0.1) is 5.10 Å². The fourth-order valence-corrected chi connectivity index (χ4v) is 5.67. The van der Waals surface area contributed by atoms with Crippen molar-refractivity contribution in [3.05, 3.63) is 23.5 Å². The number of hydroxylamine groups is 1. The minimum Gasteiger partial charge on any atom is -0.307 e. The fraction of sp³-hybridized carbons (Fsp3) is 0.750. The first-order valence-electron chi connectivity index (χ1n) is 13.8. The van der Waals surface area contributed by atoms with E-state index >= 15 is 0 Å². The van der Waals surface area contributed by atoms with Gasteiger partial charge in [-0.05, 0) is 65.5 Å². The van der Waals surface area contributed by atoms with E-state index in [0.717, 1.165) is 19.3 Å². The van der Waals surface area contributed by atoms with Crippen molar-refractivity contribution in [1.82, 2.24) is 25.9 Å². The Morgan fingerprint density at radius 2 is 1.62 bits per heavy atom. The highest BCUT2D eigenvalue weighted by Crippen LogP contribution is 2.33. The summed E-state index contributed by atoms with van der Waals surface area (Å²) in [4.78, 5) is 41.1. The molecule has 2 heterocycles. The first-order valence-corrected chi connectivity index (χ1v) is 13.8. The molecule has 1 aliphatic rings. The molecule has 0 spiro atoms. The van der Waals surface area contributed by atoms with Crippen LogP contribution < -0.4 is 10.8 Å². The van der Waals surface area contributed by atoms with E-state index < -0.39 is 17.7 Å². The Morgan fingerprint density at radius 1 is 1.05 bits per heavy atom. The Hall–Kier alpha value is -2.39. The number of aromatic nitrogens is 2. The Balaban J connectivity index is 2.27. The number of piperidine rings is 1. The molecule has 0 aromatic carbocycles. The number of carbonyl (C=O) groups excluding carboxylic acids is 3. The third kappa shape index (κ3) is 9.14. The molecule has 0 radical (unpaired) electrons. The summed E-state index contributed by atoms with van der Waals surface area (Å²) in [7, 11) is 0. The monoisotopic (exact) mass is 517 g/mol. The molecule has 1 aliphatic heterocycles. The van der Waals surface area contributed by atoms with Gasteiger partial charge in [-0.2, -0.15) is 5.10 Å². The molecule has 37 heavy (non-hydrogen) atoms. The molecular weight excluding hydrogens is 470 g/mol. The van der Waals surface area contributed by atoms with E-state index in [0.29, 0.717) is 18.4 Å². The summed E-state index contributed by atoms with van der Waals surface area (Å²) in [6.07, 6.45) is 11.8. The number of nitrogens with zero attached hydrogens (tertiary/aromatic N) is 3. The van der Waals surface area contributed by atoms with Crippen LogP contribution in [0.5, 0.6) is 0 Å². The summed E-state index contributed by atoms with van der Waals surface area (Å²) in [5.74, 6) is -2.26. The first kappa shape index (κ1) is 30.8. The SMILES string of the molecule is CCCCCCCCCCC(=O)N(C(=O)c1nnccc1[C@H](C)C(=O)NO)C1CC(C)(C)NC(C)(C)C1. The molecular formula is C28H47N5O4. The molecule has 0 saturated carbocycles. The second-order valence-corrected chi connectivity index (χ2v) is 11.8. The van der Waals surface area contributed by atoms with Crippen molar-refractivity contribution >= 4 is 17.7 Å². The van der Waals surface area contributed by atoms with Gasteiger partial charge in [0.1, 0.15) is 0 Å². The average Bonchev–Trinajstić information content (AvgIpc) is 2.82. The lowest BCUT2D eigenvalue weighted by Gasteiger charge is -2.49. The minimum atomic E-state index is -0.843. The van der Waals surface area contributed by atoms with Crippen LogP contribution in [0.2, 0.25) is 0 Å². The average molecular weight is 518 g/mol. The molecule has 2 rings (SSSR count). The molecule has 0 unspecified atom stereocenters. The Kier molecular flexibility index (Phi) is 11.6. The van der Waals surface area contributed by atoms with Crippen molar-refractivity contribution in [2.24, 2.45) is 0 Å². The maximum atomic E-state index is 14.0. The summed E-state index contributed by atoms with van der Waals surface area (Å²) in [5, 5.41) is 20.7. The lowest BCUT2D eigenvalue weighted by molar-refractivity contribution is -0.132. The van der Waals surface area contributed by atoms with Crippen LogP contribution in [0, 0.1) is 0 Å². The molecule has 1 aromatic heterocycles. The topological polar surface area (TPSA) is 125 Å². The maximum absolute atomic E-state index is 14.0. The van der Waals surface area contributed by atoms with Gasteiger partial charge in [0.15, 0.2) is 5.69 Å². The lowest BCUT2D eigenvalue weighted by Crippen LogP contribution is -2.63. The van der Waals surface area contributed by atoms with Crippen LogP contribution in [0.4, 0.5) is 0 Å². The van der Waals surface area contributed by atoms with Crippen LogP contribution in [0.1, 0.15) is 134 Å². The summed E-state index contributed by atoms with van der Waals surface area (Å²) in [5.41, 5.74) is 1.37. The van der Waals surface area contributed by atoms with Crippen molar-refractivity contribution in [3.8, 4) is 0 Å². The molecule has 208 valence electrons. The molecule has 0 bridgehead atoms. The van der Waals surface area contributed by atoms with Crippen molar-refractivity contribution in [1.29, 1.82) is 0 Å². The zero-order valence-electron chi connectivity index (χ0n) is 23.6. The summed E-state index contributed by atoms with van der Waals surface area (Å²) < 4.78 is 0. The van der Waals surface area contributed by atoms with E-state index in [1.54, 1.807) is 12.4 Å². The lowest BCUT2D eigenvalue weighted by atomic mass is 9.78. The predicted octanol–water partition coefficient (Wildman–Crippen LogP) is 4.89. The van der Waals surface area contributed by atoms with E-state index in [2.05, 4.69) is 50.1 Å². The van der Waals surface area contributed by atoms with Crippen LogP contribution in [-0.2, 0) is 9.59 Å². The second-order valence-electron chi connectivity index (χ2n) is 11.8. The van der Waals surface area contributed by atoms with Gasteiger partial charge in [0, 0.05) is 29.7 Å². The number of nitrogens with one attached hydrogen (secondary N) is 2. The molecule has 0 aliphatic carbocycles. The third-order valence-corrected chi connectivity index (χ3v) is 7.19. The van der Waals surface area contributed by atoms with Crippen molar-refractivity contribution < 1.29 is 19.6 Å². The molecule has 9 heteroatoms. The van der Waals surface area contributed by atoms with Gasteiger partial charge >= 0.3 is 0 Å². The van der Waals surface area contributed by atoms with E-state index in [-0.39, 0.29) is 35.1 Å². The van der Waals surface area contributed by atoms with E-state index in [1.807, 2.05) is 0 Å². The van der Waals surface area contributed by atoms with E-state index in [4.69, 9.17) is 5.21 Å². The number of hydrogen-bond donors (Lipinski definition) is 3. The number of carbonyl (C=O) groups is 3. The number of amides is 3. The number of hydrogen-bond acceptors (Lipinski definition) is 7.